The van der Waals surface area contributed by atoms with Crippen molar-refractivity contribution in [2.45, 2.75) is 95.6 Å². The van der Waals surface area contributed by atoms with Gasteiger partial charge in [0.1, 0.15) is 0 Å². The van der Waals surface area contributed by atoms with Gasteiger partial charge in [0.15, 0.2) is 0 Å². The standard InChI is InChI=1S/C23H40N2O/c24-20-8-10-21(11-9-20)26-17-16-25-14-12-19(13-15-25)23-7-2-1-6-22(23)18-4-3-5-18/h19-21,23H,1-17,24H2. The molecule has 0 radical (unpaired) electrons. The lowest BCUT2D eigenvalue weighted by Crippen LogP contribution is -2.39. The van der Waals surface area contributed by atoms with Crippen LogP contribution in [0.2, 0.25) is 0 Å². The van der Waals surface area contributed by atoms with Crippen LogP contribution in [0, 0.1) is 11.8 Å². The SMILES string of the molecule is NC1CCC(OCCN2CCC(C3CCCCC3=C3CCC3)CC2)CC1. The zero-order valence-corrected chi connectivity index (χ0v) is 16.8. The molecule has 3 heteroatoms. The first-order valence-corrected chi connectivity index (χ1v) is 11.6. The Morgan fingerprint density at radius 1 is 0.846 bits per heavy atom. The number of nitrogens with zero attached hydrogens (tertiary/aromatic N) is 1. The van der Waals surface area contributed by atoms with Gasteiger partial charge in [0.05, 0.1) is 12.7 Å². The van der Waals surface area contributed by atoms with Gasteiger partial charge in [-0.25, -0.2) is 0 Å². The van der Waals surface area contributed by atoms with E-state index in [2.05, 4.69) is 4.90 Å². The Bertz CT molecular complexity index is 467. The van der Waals surface area contributed by atoms with Crippen LogP contribution in [0.4, 0.5) is 0 Å². The fourth-order valence-corrected chi connectivity index (χ4v) is 5.86. The second kappa shape index (κ2) is 9.21. The smallest absolute Gasteiger partial charge is 0.0597 e. The van der Waals surface area contributed by atoms with Crippen LogP contribution < -0.4 is 5.73 Å². The molecule has 1 unspecified atom stereocenters. The first-order chi connectivity index (χ1) is 12.8. The van der Waals surface area contributed by atoms with E-state index >= 15 is 0 Å². The molecule has 0 aromatic heterocycles. The van der Waals surface area contributed by atoms with E-state index in [9.17, 15) is 0 Å². The average Bonchev–Trinajstić information content (AvgIpc) is 2.63. The highest BCUT2D eigenvalue weighted by Gasteiger charge is 2.32. The molecule has 0 spiro atoms. The molecular formula is C23H40N2O. The molecule has 4 aliphatic rings. The Balaban J connectivity index is 1.18. The minimum absolute atomic E-state index is 0.425. The molecule has 1 heterocycles. The maximum Gasteiger partial charge on any atom is 0.0597 e. The van der Waals surface area contributed by atoms with Gasteiger partial charge in [-0.3, -0.25) is 0 Å². The van der Waals surface area contributed by atoms with Crippen molar-refractivity contribution in [3.05, 3.63) is 11.1 Å². The fraction of sp³-hybridized carbons (Fsp3) is 0.913. The number of piperidine rings is 1. The van der Waals surface area contributed by atoms with Crippen LogP contribution in [0.25, 0.3) is 0 Å². The lowest BCUT2D eigenvalue weighted by molar-refractivity contribution is 0.00789. The van der Waals surface area contributed by atoms with Gasteiger partial charge >= 0.3 is 0 Å². The average molecular weight is 361 g/mol. The summed E-state index contributed by atoms with van der Waals surface area (Å²) in [4.78, 5) is 2.66. The number of nitrogens with two attached hydrogens (primary N) is 1. The second-order valence-electron chi connectivity index (χ2n) is 9.42. The Hall–Kier alpha value is -0.380. The van der Waals surface area contributed by atoms with Crippen molar-refractivity contribution in [1.82, 2.24) is 4.90 Å². The second-order valence-corrected chi connectivity index (χ2v) is 9.42. The highest BCUT2D eigenvalue weighted by atomic mass is 16.5. The summed E-state index contributed by atoms with van der Waals surface area (Å²) >= 11 is 0. The minimum atomic E-state index is 0.425. The molecule has 2 N–H and O–H groups in total. The lowest BCUT2D eigenvalue weighted by atomic mass is 9.69. The van der Waals surface area contributed by atoms with Crippen LogP contribution in [0.5, 0.6) is 0 Å². The van der Waals surface area contributed by atoms with Gasteiger partial charge in [-0.05, 0) is 102 Å². The number of hydrogen-bond donors (Lipinski definition) is 1. The number of rotatable bonds is 5. The van der Waals surface area contributed by atoms with Crippen molar-refractivity contribution in [2.75, 3.05) is 26.2 Å². The third kappa shape index (κ3) is 4.72. The largest absolute Gasteiger partial charge is 0.377 e. The number of likely N-dealkylation sites (tertiary alicyclic amines) is 1. The molecule has 148 valence electrons. The Morgan fingerprint density at radius 3 is 2.31 bits per heavy atom. The zero-order chi connectivity index (χ0) is 17.8. The summed E-state index contributed by atoms with van der Waals surface area (Å²) in [7, 11) is 0. The molecule has 26 heavy (non-hydrogen) atoms. The first-order valence-electron chi connectivity index (χ1n) is 11.6. The summed E-state index contributed by atoms with van der Waals surface area (Å²) in [6.45, 7) is 4.64. The van der Waals surface area contributed by atoms with Gasteiger partial charge in [-0.15, -0.1) is 0 Å². The van der Waals surface area contributed by atoms with E-state index in [0.29, 0.717) is 12.1 Å². The lowest BCUT2D eigenvalue weighted by Gasteiger charge is -2.41. The molecule has 4 fully saturated rings. The molecule has 1 aliphatic heterocycles. The number of ether oxygens (including phenoxy) is 1. The highest BCUT2D eigenvalue weighted by Crippen LogP contribution is 2.44. The number of allylic oxidation sites excluding steroid dienone is 2. The molecular weight excluding hydrogens is 320 g/mol. The van der Waals surface area contributed by atoms with Gasteiger partial charge in [-0.1, -0.05) is 17.6 Å². The maximum atomic E-state index is 6.14. The van der Waals surface area contributed by atoms with Crippen molar-refractivity contribution in [3.8, 4) is 0 Å². The van der Waals surface area contributed by atoms with E-state index in [4.69, 9.17) is 10.5 Å². The molecule has 0 amide bonds. The third-order valence-corrected chi connectivity index (χ3v) is 7.75. The fourth-order valence-electron chi connectivity index (χ4n) is 5.86. The van der Waals surface area contributed by atoms with Crippen molar-refractivity contribution in [2.24, 2.45) is 17.6 Å². The van der Waals surface area contributed by atoms with Crippen LogP contribution in [0.1, 0.15) is 83.5 Å². The van der Waals surface area contributed by atoms with Gasteiger partial charge in [0, 0.05) is 12.6 Å². The van der Waals surface area contributed by atoms with E-state index in [1.807, 2.05) is 11.1 Å². The van der Waals surface area contributed by atoms with Crippen LogP contribution in [0.3, 0.4) is 0 Å². The van der Waals surface area contributed by atoms with Crippen LogP contribution in [-0.4, -0.2) is 43.3 Å². The van der Waals surface area contributed by atoms with Crippen LogP contribution in [0.15, 0.2) is 11.1 Å². The molecule has 0 aromatic carbocycles. The molecule has 3 saturated carbocycles. The van der Waals surface area contributed by atoms with Crippen LogP contribution >= 0.6 is 0 Å². The molecule has 3 nitrogen and oxygen atoms in total. The van der Waals surface area contributed by atoms with E-state index < -0.39 is 0 Å². The first kappa shape index (κ1) is 19.0. The summed E-state index contributed by atoms with van der Waals surface area (Å²) in [6.07, 6.45) is 18.1. The Kier molecular flexibility index (Phi) is 6.72. The topological polar surface area (TPSA) is 38.5 Å². The van der Waals surface area contributed by atoms with E-state index in [1.54, 1.807) is 0 Å². The molecule has 1 atom stereocenters. The van der Waals surface area contributed by atoms with Gasteiger partial charge in [-0.2, -0.15) is 0 Å². The predicted octanol–water partition coefficient (Wildman–Crippen LogP) is 4.66. The van der Waals surface area contributed by atoms with Crippen molar-refractivity contribution >= 4 is 0 Å². The molecule has 4 rings (SSSR count). The van der Waals surface area contributed by atoms with Gasteiger partial charge in [0.2, 0.25) is 0 Å². The monoisotopic (exact) mass is 360 g/mol. The van der Waals surface area contributed by atoms with Crippen molar-refractivity contribution < 1.29 is 4.74 Å². The molecule has 0 aromatic rings. The maximum absolute atomic E-state index is 6.14. The zero-order valence-electron chi connectivity index (χ0n) is 16.8. The van der Waals surface area contributed by atoms with Crippen molar-refractivity contribution in [3.63, 3.8) is 0 Å². The minimum Gasteiger partial charge on any atom is -0.377 e. The van der Waals surface area contributed by atoms with E-state index in [-0.39, 0.29) is 0 Å². The molecule has 0 bridgehead atoms. The Labute approximate surface area is 160 Å². The summed E-state index contributed by atoms with van der Waals surface area (Å²) in [5.41, 5.74) is 9.79. The predicted molar refractivity (Wildman–Crippen MR) is 108 cm³/mol. The van der Waals surface area contributed by atoms with Crippen LogP contribution in [-0.2, 0) is 4.74 Å². The summed E-state index contributed by atoms with van der Waals surface area (Å²) < 4.78 is 6.14. The van der Waals surface area contributed by atoms with E-state index in [0.717, 1.165) is 37.8 Å². The molecule has 1 saturated heterocycles. The normalized spacial score (nSPS) is 34.7. The van der Waals surface area contributed by atoms with Gasteiger partial charge in [0.25, 0.3) is 0 Å². The summed E-state index contributed by atoms with van der Waals surface area (Å²) in [5, 5.41) is 0. The third-order valence-electron chi connectivity index (χ3n) is 7.75. The molecule has 3 aliphatic carbocycles. The highest BCUT2D eigenvalue weighted by molar-refractivity contribution is 5.24. The quantitative estimate of drug-likeness (QED) is 0.725. The summed E-state index contributed by atoms with van der Waals surface area (Å²) in [6, 6.07) is 0.425. The Morgan fingerprint density at radius 2 is 1.62 bits per heavy atom. The van der Waals surface area contributed by atoms with Gasteiger partial charge < -0.3 is 15.4 Å². The summed E-state index contributed by atoms with van der Waals surface area (Å²) in [5.74, 6) is 1.92. The van der Waals surface area contributed by atoms with Crippen molar-refractivity contribution in [1.29, 1.82) is 0 Å². The van der Waals surface area contributed by atoms with E-state index in [1.165, 1.54) is 83.7 Å². The number of hydrogen-bond acceptors (Lipinski definition) is 3.